The van der Waals surface area contributed by atoms with Gasteiger partial charge in [-0.2, -0.15) is 13.2 Å². The zero-order valence-electron chi connectivity index (χ0n) is 11.9. The molecule has 0 spiro atoms. The predicted octanol–water partition coefficient (Wildman–Crippen LogP) is 3.77. The Hall–Kier alpha value is -0.840. The number of alkyl halides is 5. The van der Waals surface area contributed by atoms with Gasteiger partial charge in [0, 0.05) is 17.1 Å². The molecular weight excluding hydrogens is 451 g/mol. The first-order chi connectivity index (χ1) is 10.7. The molecule has 3 N–H and O–H groups in total. The fraction of sp³-hybridized carbons (Fsp3) is 0.462. The summed E-state index contributed by atoms with van der Waals surface area (Å²) in [5.74, 6) is 3.07. The summed E-state index contributed by atoms with van der Waals surface area (Å²) in [6, 6.07) is 6.20. The van der Waals surface area contributed by atoms with Gasteiger partial charge < -0.3 is 14.7 Å². The molecule has 0 amide bonds. The van der Waals surface area contributed by atoms with Gasteiger partial charge in [0.05, 0.1) is 13.2 Å². The molecule has 0 aliphatic heterocycles. The molecule has 0 bridgehead atoms. The van der Waals surface area contributed by atoms with Crippen molar-refractivity contribution < 1.29 is 32.6 Å². The van der Waals surface area contributed by atoms with Gasteiger partial charge in [0.15, 0.2) is 0 Å². The lowest BCUT2D eigenvalue weighted by Crippen LogP contribution is -2.21. The van der Waals surface area contributed by atoms with E-state index in [0.717, 1.165) is 22.8 Å². The molecule has 1 aromatic rings. The van der Waals surface area contributed by atoms with E-state index < -0.39 is 12.1 Å². The number of rotatable bonds is 7. The van der Waals surface area contributed by atoms with Gasteiger partial charge in [-0.05, 0) is 23.3 Å². The predicted molar refractivity (Wildman–Crippen MR) is 85.6 cm³/mol. The average molecular weight is 467 g/mol. The zero-order chi connectivity index (χ0) is 17.9. The van der Waals surface area contributed by atoms with Crippen LogP contribution in [0, 0.1) is 0 Å². The van der Waals surface area contributed by atoms with Crippen LogP contribution >= 0.6 is 31.9 Å². The second-order valence-electron chi connectivity index (χ2n) is 4.13. The fourth-order valence-electron chi connectivity index (χ4n) is 1.30. The summed E-state index contributed by atoms with van der Waals surface area (Å²) in [4.78, 5) is 13.4. The standard InChI is InChI=1S/C11H15Br2NO2.C2HF3O2/c12-7-9-4-10(8-13)6-11(5-9)15-2-1-3-16-14;3-2(4,5)1(6)7/h4-6H,1-3,7-8,14H2;(H,6,7). The summed E-state index contributed by atoms with van der Waals surface area (Å²) in [5, 5.41) is 8.78. The zero-order valence-corrected chi connectivity index (χ0v) is 15.1. The molecule has 0 saturated heterocycles. The maximum atomic E-state index is 10.6. The summed E-state index contributed by atoms with van der Waals surface area (Å²) in [5.41, 5.74) is 2.42. The van der Waals surface area contributed by atoms with E-state index in [1.165, 1.54) is 11.1 Å². The maximum Gasteiger partial charge on any atom is 0.490 e. The van der Waals surface area contributed by atoms with Crippen molar-refractivity contribution in [2.45, 2.75) is 23.3 Å². The third kappa shape index (κ3) is 10.5. The van der Waals surface area contributed by atoms with Crippen LogP contribution in [0.5, 0.6) is 5.75 Å². The number of carboxylic acids is 1. The Morgan fingerprint density at radius 2 is 1.61 bits per heavy atom. The number of carbonyl (C=O) groups is 1. The number of nitrogens with two attached hydrogens (primary N) is 1. The first-order valence-electron chi connectivity index (χ1n) is 6.24. The molecule has 1 rings (SSSR count). The van der Waals surface area contributed by atoms with Crippen molar-refractivity contribution >= 4 is 37.8 Å². The van der Waals surface area contributed by atoms with Gasteiger partial charge in [0.25, 0.3) is 0 Å². The Labute approximate surface area is 148 Å². The highest BCUT2D eigenvalue weighted by Gasteiger charge is 2.38. The molecule has 132 valence electrons. The molecule has 1 aromatic carbocycles. The van der Waals surface area contributed by atoms with E-state index in [1.807, 2.05) is 12.1 Å². The van der Waals surface area contributed by atoms with E-state index in [1.54, 1.807) is 0 Å². The smallest absolute Gasteiger partial charge is 0.490 e. The largest absolute Gasteiger partial charge is 0.493 e. The van der Waals surface area contributed by atoms with E-state index >= 15 is 0 Å². The van der Waals surface area contributed by atoms with E-state index in [9.17, 15) is 13.2 Å². The minimum atomic E-state index is -5.08. The van der Waals surface area contributed by atoms with Crippen molar-refractivity contribution in [1.29, 1.82) is 0 Å². The van der Waals surface area contributed by atoms with Crippen LogP contribution in [-0.2, 0) is 20.3 Å². The number of hydrogen-bond donors (Lipinski definition) is 2. The van der Waals surface area contributed by atoms with E-state index in [4.69, 9.17) is 20.5 Å². The number of benzene rings is 1. The number of aliphatic carboxylic acids is 1. The molecule has 0 aliphatic rings. The van der Waals surface area contributed by atoms with Crippen molar-refractivity contribution in [2.75, 3.05) is 13.2 Å². The topological polar surface area (TPSA) is 81.8 Å². The summed E-state index contributed by atoms with van der Waals surface area (Å²) in [6.45, 7) is 1.13. The molecule has 0 atom stereocenters. The van der Waals surface area contributed by atoms with Crippen LogP contribution in [0.4, 0.5) is 13.2 Å². The van der Waals surface area contributed by atoms with E-state index in [-0.39, 0.29) is 0 Å². The molecule has 0 unspecified atom stereocenters. The monoisotopic (exact) mass is 465 g/mol. The molecule has 0 radical (unpaired) electrons. The maximum absolute atomic E-state index is 10.6. The van der Waals surface area contributed by atoms with Gasteiger partial charge in [-0.1, -0.05) is 37.9 Å². The van der Waals surface area contributed by atoms with Crippen LogP contribution in [0.25, 0.3) is 0 Å². The number of halogens is 5. The van der Waals surface area contributed by atoms with Crippen LogP contribution in [0.3, 0.4) is 0 Å². The molecule has 5 nitrogen and oxygen atoms in total. The minimum absolute atomic E-state index is 0.517. The Morgan fingerprint density at radius 3 is 1.96 bits per heavy atom. The third-order valence-electron chi connectivity index (χ3n) is 2.25. The van der Waals surface area contributed by atoms with Crippen LogP contribution < -0.4 is 10.6 Å². The highest BCUT2D eigenvalue weighted by atomic mass is 79.9. The number of hydrogen-bond acceptors (Lipinski definition) is 4. The lowest BCUT2D eigenvalue weighted by atomic mass is 10.1. The van der Waals surface area contributed by atoms with E-state index in [2.05, 4.69) is 42.8 Å². The fourth-order valence-corrected chi connectivity index (χ4v) is 1.95. The molecule has 0 aliphatic carbocycles. The van der Waals surface area contributed by atoms with Gasteiger partial charge in [0.2, 0.25) is 0 Å². The highest BCUT2D eigenvalue weighted by molar-refractivity contribution is 9.08. The Morgan fingerprint density at radius 1 is 1.13 bits per heavy atom. The molecule has 10 heteroatoms. The Bertz CT molecular complexity index is 465. The van der Waals surface area contributed by atoms with Crippen molar-refractivity contribution in [3.05, 3.63) is 29.3 Å². The molecular formula is C13H16Br2F3NO4. The van der Waals surface area contributed by atoms with Crippen molar-refractivity contribution in [3.8, 4) is 5.75 Å². The summed E-state index contributed by atoms with van der Waals surface area (Å²) in [6.07, 6.45) is -4.29. The molecule has 23 heavy (non-hydrogen) atoms. The first-order valence-corrected chi connectivity index (χ1v) is 8.48. The van der Waals surface area contributed by atoms with Crippen molar-refractivity contribution in [2.24, 2.45) is 5.90 Å². The van der Waals surface area contributed by atoms with Crippen LogP contribution in [0.15, 0.2) is 18.2 Å². The third-order valence-corrected chi connectivity index (χ3v) is 3.55. The Balaban J connectivity index is 0.000000585. The molecule has 0 heterocycles. The van der Waals surface area contributed by atoms with Gasteiger partial charge in [-0.25, -0.2) is 10.7 Å². The van der Waals surface area contributed by atoms with Crippen LogP contribution in [0.1, 0.15) is 17.5 Å². The molecule has 0 saturated carbocycles. The normalized spacial score (nSPS) is 10.7. The highest BCUT2D eigenvalue weighted by Crippen LogP contribution is 2.21. The van der Waals surface area contributed by atoms with Gasteiger partial charge >= 0.3 is 12.1 Å². The van der Waals surface area contributed by atoms with E-state index in [0.29, 0.717) is 13.2 Å². The summed E-state index contributed by atoms with van der Waals surface area (Å²) >= 11 is 6.88. The van der Waals surface area contributed by atoms with Crippen molar-refractivity contribution in [3.63, 3.8) is 0 Å². The Kier molecular flexibility index (Phi) is 11.2. The summed E-state index contributed by atoms with van der Waals surface area (Å²) in [7, 11) is 0. The lowest BCUT2D eigenvalue weighted by molar-refractivity contribution is -0.192. The summed E-state index contributed by atoms with van der Waals surface area (Å²) < 4.78 is 37.4. The molecule has 0 fully saturated rings. The second-order valence-corrected chi connectivity index (χ2v) is 5.25. The van der Waals surface area contributed by atoms with Gasteiger partial charge in [-0.3, -0.25) is 0 Å². The average Bonchev–Trinajstić information content (AvgIpc) is 2.50. The van der Waals surface area contributed by atoms with Crippen LogP contribution in [-0.4, -0.2) is 30.5 Å². The number of carboxylic acid groups (broad SMARTS) is 1. The number of ether oxygens (including phenoxy) is 1. The van der Waals surface area contributed by atoms with Gasteiger partial charge in [0.1, 0.15) is 5.75 Å². The first kappa shape index (κ1) is 22.2. The van der Waals surface area contributed by atoms with Gasteiger partial charge in [-0.15, -0.1) is 0 Å². The second kappa shape index (κ2) is 11.7. The lowest BCUT2D eigenvalue weighted by Gasteiger charge is -2.09. The SMILES string of the molecule is NOCCCOc1cc(CBr)cc(CBr)c1.O=C(O)C(F)(F)F. The minimum Gasteiger partial charge on any atom is -0.493 e. The van der Waals surface area contributed by atoms with Crippen LogP contribution in [0.2, 0.25) is 0 Å². The quantitative estimate of drug-likeness (QED) is 0.363. The van der Waals surface area contributed by atoms with Crippen molar-refractivity contribution in [1.82, 2.24) is 0 Å². The molecule has 0 aromatic heterocycles.